The van der Waals surface area contributed by atoms with E-state index in [9.17, 15) is 9.59 Å². The standard InChI is InChI=1S/C23H27BrN2O4/c1-14(2)30-20-9-8-16(12-21(20)29-4)15(3)25-22(27)19-10-11-26(23(19)28)18-7-5-6-17(24)13-18/h5-9,12-15,19H,10-11H2,1-4H3,(H,25,27). The molecule has 2 amide bonds. The molecule has 7 heteroatoms. The molecule has 2 aromatic carbocycles. The molecule has 2 unspecified atom stereocenters. The first kappa shape index (κ1) is 22.2. The lowest BCUT2D eigenvalue weighted by Crippen LogP contribution is -2.38. The Morgan fingerprint density at radius 2 is 1.93 bits per heavy atom. The van der Waals surface area contributed by atoms with Crippen molar-refractivity contribution in [3.8, 4) is 11.5 Å². The van der Waals surface area contributed by atoms with Crippen molar-refractivity contribution in [2.45, 2.75) is 39.3 Å². The number of hydrogen-bond donors (Lipinski definition) is 1. The van der Waals surface area contributed by atoms with Crippen LogP contribution in [-0.2, 0) is 9.59 Å². The third-order valence-electron chi connectivity index (χ3n) is 5.05. The Morgan fingerprint density at radius 1 is 1.17 bits per heavy atom. The molecule has 0 spiro atoms. The minimum Gasteiger partial charge on any atom is -0.493 e. The first-order valence-electron chi connectivity index (χ1n) is 10.0. The number of anilines is 1. The molecule has 1 fully saturated rings. The molecule has 2 aromatic rings. The largest absolute Gasteiger partial charge is 0.493 e. The van der Waals surface area contributed by atoms with Gasteiger partial charge in [-0.25, -0.2) is 0 Å². The van der Waals surface area contributed by atoms with Crippen molar-refractivity contribution >= 4 is 33.4 Å². The van der Waals surface area contributed by atoms with Gasteiger partial charge in [-0.2, -0.15) is 0 Å². The van der Waals surface area contributed by atoms with E-state index in [2.05, 4.69) is 21.2 Å². The van der Waals surface area contributed by atoms with E-state index in [-0.39, 0.29) is 24.0 Å². The zero-order valence-corrected chi connectivity index (χ0v) is 19.2. The minimum atomic E-state index is -0.683. The number of nitrogens with one attached hydrogen (secondary N) is 1. The van der Waals surface area contributed by atoms with Crippen LogP contribution >= 0.6 is 15.9 Å². The summed E-state index contributed by atoms with van der Waals surface area (Å²) in [5.41, 5.74) is 1.67. The molecular formula is C23H27BrN2O4. The summed E-state index contributed by atoms with van der Waals surface area (Å²) in [6.07, 6.45) is 0.525. The third-order valence-corrected chi connectivity index (χ3v) is 5.54. The van der Waals surface area contributed by atoms with Crippen LogP contribution in [0.15, 0.2) is 46.9 Å². The second-order valence-electron chi connectivity index (χ2n) is 7.62. The first-order chi connectivity index (χ1) is 14.3. The van der Waals surface area contributed by atoms with Crippen LogP contribution in [0.2, 0.25) is 0 Å². The molecule has 2 atom stereocenters. The van der Waals surface area contributed by atoms with Crippen LogP contribution in [0.1, 0.15) is 38.8 Å². The molecular weight excluding hydrogens is 448 g/mol. The second kappa shape index (κ2) is 9.51. The molecule has 1 heterocycles. The zero-order chi connectivity index (χ0) is 21.8. The van der Waals surface area contributed by atoms with E-state index < -0.39 is 5.92 Å². The van der Waals surface area contributed by atoms with E-state index in [1.54, 1.807) is 12.0 Å². The summed E-state index contributed by atoms with van der Waals surface area (Å²) >= 11 is 3.43. The molecule has 1 aliphatic rings. The summed E-state index contributed by atoms with van der Waals surface area (Å²) in [6, 6.07) is 12.9. The number of ether oxygens (including phenoxy) is 2. The van der Waals surface area contributed by atoms with E-state index in [0.717, 1.165) is 15.7 Å². The van der Waals surface area contributed by atoms with Crippen LogP contribution in [0.4, 0.5) is 5.69 Å². The molecule has 0 aromatic heterocycles. The summed E-state index contributed by atoms with van der Waals surface area (Å²) in [5.74, 6) is 0.157. The van der Waals surface area contributed by atoms with Gasteiger partial charge in [-0.1, -0.05) is 28.1 Å². The van der Waals surface area contributed by atoms with Crippen molar-refractivity contribution in [3.63, 3.8) is 0 Å². The molecule has 1 N–H and O–H groups in total. The van der Waals surface area contributed by atoms with Gasteiger partial charge >= 0.3 is 0 Å². The van der Waals surface area contributed by atoms with Crippen LogP contribution in [0.25, 0.3) is 0 Å². The highest BCUT2D eigenvalue weighted by molar-refractivity contribution is 9.10. The zero-order valence-electron chi connectivity index (χ0n) is 17.6. The SMILES string of the molecule is COc1cc(C(C)NC(=O)C2CCN(c3cccc(Br)c3)C2=O)ccc1OC(C)C. The summed E-state index contributed by atoms with van der Waals surface area (Å²) in [4.78, 5) is 27.3. The third kappa shape index (κ3) is 4.95. The van der Waals surface area contributed by atoms with E-state index in [0.29, 0.717) is 24.5 Å². The number of carbonyl (C=O) groups excluding carboxylic acids is 2. The van der Waals surface area contributed by atoms with Crippen molar-refractivity contribution in [2.24, 2.45) is 5.92 Å². The smallest absolute Gasteiger partial charge is 0.239 e. The average Bonchev–Trinajstić information content (AvgIpc) is 3.09. The molecule has 0 aliphatic carbocycles. The van der Waals surface area contributed by atoms with E-state index in [4.69, 9.17) is 9.47 Å². The highest BCUT2D eigenvalue weighted by atomic mass is 79.9. The normalized spacial score (nSPS) is 17.2. The Bertz CT molecular complexity index is 931. The number of amides is 2. The quantitative estimate of drug-likeness (QED) is 0.600. The number of nitrogens with zero attached hydrogens (tertiary/aromatic N) is 1. The molecule has 6 nitrogen and oxygen atoms in total. The van der Waals surface area contributed by atoms with Gasteiger partial charge in [0.1, 0.15) is 5.92 Å². The van der Waals surface area contributed by atoms with Crippen LogP contribution in [-0.4, -0.2) is 31.6 Å². The first-order valence-corrected chi connectivity index (χ1v) is 10.8. The van der Waals surface area contributed by atoms with Gasteiger partial charge in [0.2, 0.25) is 11.8 Å². The Morgan fingerprint density at radius 3 is 2.60 bits per heavy atom. The average molecular weight is 475 g/mol. The summed E-state index contributed by atoms with van der Waals surface area (Å²) < 4.78 is 12.1. The maximum absolute atomic E-state index is 12.8. The number of methoxy groups -OCH3 is 1. The van der Waals surface area contributed by atoms with Crippen LogP contribution in [0.5, 0.6) is 11.5 Å². The Kier molecular flexibility index (Phi) is 7.02. The monoisotopic (exact) mass is 474 g/mol. The van der Waals surface area contributed by atoms with E-state index in [1.807, 2.05) is 63.2 Å². The lowest BCUT2D eigenvalue weighted by molar-refractivity contribution is -0.132. The van der Waals surface area contributed by atoms with Crippen LogP contribution in [0.3, 0.4) is 0 Å². The number of halogens is 1. The van der Waals surface area contributed by atoms with Gasteiger partial charge < -0.3 is 19.7 Å². The molecule has 1 aliphatic heterocycles. The topological polar surface area (TPSA) is 67.9 Å². The molecule has 0 saturated carbocycles. The molecule has 1 saturated heterocycles. The Labute approximate surface area is 185 Å². The second-order valence-corrected chi connectivity index (χ2v) is 8.53. The van der Waals surface area contributed by atoms with Gasteiger partial charge in [0, 0.05) is 16.7 Å². The summed E-state index contributed by atoms with van der Waals surface area (Å²) in [7, 11) is 1.59. The lowest BCUT2D eigenvalue weighted by atomic mass is 10.0. The number of rotatable bonds is 7. The minimum absolute atomic E-state index is 0.0310. The van der Waals surface area contributed by atoms with Crippen molar-refractivity contribution < 1.29 is 19.1 Å². The van der Waals surface area contributed by atoms with Crippen LogP contribution in [0, 0.1) is 5.92 Å². The molecule has 160 valence electrons. The highest BCUT2D eigenvalue weighted by Crippen LogP contribution is 2.32. The maximum atomic E-state index is 12.8. The van der Waals surface area contributed by atoms with Crippen molar-refractivity contribution in [1.82, 2.24) is 5.32 Å². The predicted molar refractivity (Wildman–Crippen MR) is 120 cm³/mol. The maximum Gasteiger partial charge on any atom is 0.239 e. The van der Waals surface area contributed by atoms with Gasteiger partial charge in [0.05, 0.1) is 19.3 Å². The predicted octanol–water partition coefficient (Wildman–Crippen LogP) is 4.48. The highest BCUT2D eigenvalue weighted by Gasteiger charge is 2.38. The molecule has 0 radical (unpaired) electrons. The Hall–Kier alpha value is -2.54. The van der Waals surface area contributed by atoms with E-state index >= 15 is 0 Å². The van der Waals surface area contributed by atoms with Gasteiger partial charge in [-0.15, -0.1) is 0 Å². The summed E-state index contributed by atoms with van der Waals surface area (Å²) in [5, 5.41) is 2.97. The van der Waals surface area contributed by atoms with Crippen molar-refractivity contribution in [2.75, 3.05) is 18.6 Å². The van der Waals surface area contributed by atoms with Crippen molar-refractivity contribution in [1.29, 1.82) is 0 Å². The van der Waals surface area contributed by atoms with Gasteiger partial charge in [0.25, 0.3) is 0 Å². The molecule has 0 bridgehead atoms. The number of carbonyl (C=O) groups is 2. The molecule has 3 rings (SSSR count). The lowest BCUT2D eigenvalue weighted by Gasteiger charge is -2.20. The fourth-order valence-electron chi connectivity index (χ4n) is 3.53. The fraction of sp³-hybridized carbons (Fsp3) is 0.391. The fourth-order valence-corrected chi connectivity index (χ4v) is 3.91. The van der Waals surface area contributed by atoms with Crippen molar-refractivity contribution in [3.05, 3.63) is 52.5 Å². The van der Waals surface area contributed by atoms with Crippen LogP contribution < -0.4 is 19.7 Å². The Balaban J connectivity index is 1.68. The van der Waals surface area contributed by atoms with Gasteiger partial charge in [-0.3, -0.25) is 9.59 Å². The summed E-state index contributed by atoms with van der Waals surface area (Å²) in [6.45, 7) is 6.32. The van der Waals surface area contributed by atoms with E-state index in [1.165, 1.54) is 0 Å². The number of hydrogen-bond acceptors (Lipinski definition) is 4. The van der Waals surface area contributed by atoms with Gasteiger partial charge in [0.15, 0.2) is 11.5 Å². The van der Waals surface area contributed by atoms with Gasteiger partial charge in [-0.05, 0) is 63.1 Å². The molecule has 30 heavy (non-hydrogen) atoms. The number of benzene rings is 2.